The molecule has 1 aliphatic heterocycles. The van der Waals surface area contributed by atoms with Crippen molar-refractivity contribution in [3.63, 3.8) is 0 Å². The lowest BCUT2D eigenvalue weighted by Crippen LogP contribution is -2.50. The van der Waals surface area contributed by atoms with Gasteiger partial charge in [0.05, 0.1) is 6.61 Å². The number of aliphatic imine (C=N–C) groups is 1. The number of rotatable bonds is 4. The highest BCUT2D eigenvalue weighted by Crippen LogP contribution is 2.17. The normalized spacial score (nSPS) is 17.3. The van der Waals surface area contributed by atoms with Crippen LogP contribution < -0.4 is 10.6 Å². The molecule has 0 aromatic carbocycles. The molecule has 0 bridgehead atoms. The van der Waals surface area contributed by atoms with Crippen molar-refractivity contribution in [3.8, 4) is 0 Å². The van der Waals surface area contributed by atoms with E-state index < -0.39 is 0 Å². The molecule has 1 aliphatic rings. The van der Waals surface area contributed by atoms with Gasteiger partial charge in [0, 0.05) is 32.7 Å². The minimum absolute atomic E-state index is 0.200. The molecule has 2 N–H and O–H groups in total. The smallest absolute Gasteiger partial charge is 0.409 e. The molecular formula is C16H32N4O2. The second kappa shape index (κ2) is 8.86. The SMILES string of the molecule is CCOC(=O)N1CCC(NC(=NC)NCCC(C)(C)C)CC1. The van der Waals surface area contributed by atoms with Crippen LogP contribution in [0.3, 0.4) is 0 Å². The van der Waals surface area contributed by atoms with Gasteiger partial charge in [-0.1, -0.05) is 20.8 Å². The van der Waals surface area contributed by atoms with Gasteiger partial charge < -0.3 is 20.3 Å². The topological polar surface area (TPSA) is 66.0 Å². The van der Waals surface area contributed by atoms with Gasteiger partial charge in [-0.05, 0) is 31.6 Å². The van der Waals surface area contributed by atoms with E-state index in [1.165, 1.54) is 0 Å². The van der Waals surface area contributed by atoms with Gasteiger partial charge in [0.2, 0.25) is 0 Å². The summed E-state index contributed by atoms with van der Waals surface area (Å²) in [6, 6.07) is 0.353. The average molecular weight is 312 g/mol. The Balaban J connectivity index is 2.30. The lowest BCUT2D eigenvalue weighted by atomic mass is 9.92. The van der Waals surface area contributed by atoms with Crippen molar-refractivity contribution in [2.24, 2.45) is 10.4 Å². The molecular weight excluding hydrogens is 280 g/mol. The number of carbonyl (C=O) groups excluding carboxylic acids is 1. The Morgan fingerprint density at radius 2 is 1.95 bits per heavy atom. The summed E-state index contributed by atoms with van der Waals surface area (Å²) < 4.78 is 5.03. The first-order chi connectivity index (χ1) is 10.4. The Kier molecular flexibility index (Phi) is 7.48. The quantitative estimate of drug-likeness (QED) is 0.617. The van der Waals surface area contributed by atoms with Crippen LogP contribution >= 0.6 is 0 Å². The number of hydrogen-bond donors (Lipinski definition) is 2. The van der Waals surface area contributed by atoms with E-state index >= 15 is 0 Å². The van der Waals surface area contributed by atoms with Gasteiger partial charge in [-0.25, -0.2) is 4.79 Å². The maximum atomic E-state index is 11.7. The third kappa shape index (κ3) is 7.00. The summed E-state index contributed by atoms with van der Waals surface area (Å²) in [6.07, 6.45) is 2.72. The van der Waals surface area contributed by atoms with Gasteiger partial charge in [0.15, 0.2) is 5.96 Å². The Bertz CT molecular complexity index is 369. The van der Waals surface area contributed by atoms with E-state index in [4.69, 9.17) is 4.74 Å². The third-order valence-corrected chi connectivity index (χ3v) is 3.75. The highest BCUT2D eigenvalue weighted by atomic mass is 16.6. The van der Waals surface area contributed by atoms with E-state index in [1.807, 2.05) is 6.92 Å². The zero-order chi connectivity index (χ0) is 16.6. The van der Waals surface area contributed by atoms with E-state index in [9.17, 15) is 4.79 Å². The summed E-state index contributed by atoms with van der Waals surface area (Å²) in [5, 5.41) is 6.80. The van der Waals surface area contributed by atoms with Crippen molar-refractivity contribution >= 4 is 12.1 Å². The number of ether oxygens (including phenoxy) is 1. The Labute approximate surface area is 134 Å². The largest absolute Gasteiger partial charge is 0.450 e. The average Bonchev–Trinajstić information content (AvgIpc) is 2.46. The van der Waals surface area contributed by atoms with Crippen LogP contribution in [0.2, 0.25) is 0 Å². The maximum absolute atomic E-state index is 11.7. The molecule has 1 amide bonds. The van der Waals surface area contributed by atoms with Crippen LogP contribution in [0.1, 0.15) is 47.0 Å². The summed E-state index contributed by atoms with van der Waals surface area (Å²) in [5.74, 6) is 0.846. The van der Waals surface area contributed by atoms with Crippen LogP contribution in [0.4, 0.5) is 4.79 Å². The highest BCUT2D eigenvalue weighted by Gasteiger charge is 2.24. The second-order valence-corrected chi connectivity index (χ2v) is 6.91. The molecule has 6 heteroatoms. The fourth-order valence-electron chi connectivity index (χ4n) is 2.37. The summed E-state index contributed by atoms with van der Waals surface area (Å²) in [4.78, 5) is 17.7. The number of likely N-dealkylation sites (tertiary alicyclic amines) is 1. The monoisotopic (exact) mass is 312 g/mol. The number of guanidine groups is 1. The van der Waals surface area contributed by atoms with E-state index in [2.05, 4.69) is 36.4 Å². The van der Waals surface area contributed by atoms with Crippen molar-refractivity contribution in [1.82, 2.24) is 15.5 Å². The maximum Gasteiger partial charge on any atom is 0.409 e. The number of hydrogen-bond acceptors (Lipinski definition) is 3. The molecule has 6 nitrogen and oxygen atoms in total. The first-order valence-corrected chi connectivity index (χ1v) is 8.24. The van der Waals surface area contributed by atoms with Crippen molar-refractivity contribution < 1.29 is 9.53 Å². The summed E-state index contributed by atoms with van der Waals surface area (Å²) >= 11 is 0. The van der Waals surface area contributed by atoms with E-state index in [0.29, 0.717) is 18.1 Å². The van der Waals surface area contributed by atoms with Gasteiger partial charge in [-0.3, -0.25) is 4.99 Å². The highest BCUT2D eigenvalue weighted by molar-refractivity contribution is 5.80. The van der Waals surface area contributed by atoms with Gasteiger partial charge in [-0.15, -0.1) is 0 Å². The molecule has 0 aromatic heterocycles. The first-order valence-electron chi connectivity index (χ1n) is 8.24. The van der Waals surface area contributed by atoms with Gasteiger partial charge >= 0.3 is 6.09 Å². The van der Waals surface area contributed by atoms with Crippen molar-refractivity contribution in [1.29, 1.82) is 0 Å². The van der Waals surface area contributed by atoms with E-state index in [-0.39, 0.29) is 6.09 Å². The third-order valence-electron chi connectivity index (χ3n) is 3.75. The molecule has 1 saturated heterocycles. The summed E-state index contributed by atoms with van der Waals surface area (Å²) in [5.41, 5.74) is 0.316. The Hall–Kier alpha value is -1.46. The predicted octanol–water partition coefficient (Wildman–Crippen LogP) is 2.21. The zero-order valence-corrected chi connectivity index (χ0v) is 14.7. The van der Waals surface area contributed by atoms with Gasteiger partial charge in [0.25, 0.3) is 0 Å². The van der Waals surface area contributed by atoms with Crippen molar-refractivity contribution in [3.05, 3.63) is 0 Å². The summed E-state index contributed by atoms with van der Waals surface area (Å²) in [7, 11) is 1.79. The van der Waals surface area contributed by atoms with Crippen molar-refractivity contribution in [2.75, 3.05) is 33.3 Å². The van der Waals surface area contributed by atoms with Gasteiger partial charge in [-0.2, -0.15) is 0 Å². The minimum Gasteiger partial charge on any atom is -0.450 e. The predicted molar refractivity (Wildman–Crippen MR) is 90.2 cm³/mol. The molecule has 0 spiro atoms. The van der Waals surface area contributed by atoms with E-state index in [0.717, 1.165) is 44.9 Å². The molecule has 1 heterocycles. The summed E-state index contributed by atoms with van der Waals surface area (Å²) in [6.45, 7) is 11.3. The molecule has 0 atom stereocenters. The molecule has 0 unspecified atom stereocenters. The Morgan fingerprint density at radius 3 is 2.45 bits per heavy atom. The minimum atomic E-state index is -0.200. The van der Waals surface area contributed by atoms with Crippen LogP contribution in [0.5, 0.6) is 0 Å². The lowest BCUT2D eigenvalue weighted by Gasteiger charge is -2.32. The first kappa shape index (κ1) is 18.6. The molecule has 1 rings (SSSR count). The number of piperidine rings is 1. The number of nitrogens with zero attached hydrogens (tertiary/aromatic N) is 2. The molecule has 22 heavy (non-hydrogen) atoms. The molecule has 0 saturated carbocycles. The van der Waals surface area contributed by atoms with Gasteiger partial charge in [0.1, 0.15) is 0 Å². The lowest BCUT2D eigenvalue weighted by molar-refractivity contribution is 0.0963. The molecule has 0 aromatic rings. The van der Waals surface area contributed by atoms with Crippen LogP contribution in [0.25, 0.3) is 0 Å². The van der Waals surface area contributed by atoms with Crippen LogP contribution in [0, 0.1) is 5.41 Å². The fourth-order valence-corrected chi connectivity index (χ4v) is 2.37. The molecule has 0 radical (unpaired) electrons. The second-order valence-electron chi connectivity index (χ2n) is 6.91. The fraction of sp³-hybridized carbons (Fsp3) is 0.875. The van der Waals surface area contributed by atoms with Crippen LogP contribution in [0.15, 0.2) is 4.99 Å². The number of carbonyl (C=O) groups is 1. The zero-order valence-electron chi connectivity index (χ0n) is 14.7. The van der Waals surface area contributed by atoms with Crippen LogP contribution in [-0.4, -0.2) is 56.3 Å². The number of nitrogens with one attached hydrogen (secondary N) is 2. The molecule has 1 fully saturated rings. The molecule has 0 aliphatic carbocycles. The Morgan fingerprint density at radius 1 is 1.32 bits per heavy atom. The van der Waals surface area contributed by atoms with Crippen molar-refractivity contribution in [2.45, 2.75) is 53.0 Å². The van der Waals surface area contributed by atoms with E-state index in [1.54, 1.807) is 11.9 Å². The standard InChI is InChI=1S/C16H32N4O2/c1-6-22-15(21)20-11-7-13(8-12-20)19-14(17-5)18-10-9-16(2,3)4/h13H,6-12H2,1-5H3,(H2,17,18,19). The molecule has 128 valence electrons. The van der Waals surface area contributed by atoms with Crippen LogP contribution in [-0.2, 0) is 4.74 Å². The number of amides is 1.